The molecule has 1 N–H and O–H groups in total. The molecule has 2 rings (SSSR count). The molecule has 1 heterocycles. The largest absolute Gasteiger partial charge is 0.490 e. The van der Waals surface area contributed by atoms with Crippen LogP contribution in [0.1, 0.15) is 15.4 Å². The molecule has 0 radical (unpaired) electrons. The van der Waals surface area contributed by atoms with Crippen LogP contribution >= 0.6 is 11.3 Å². The van der Waals surface area contributed by atoms with Gasteiger partial charge in [0.05, 0.1) is 5.01 Å². The summed E-state index contributed by atoms with van der Waals surface area (Å²) in [6.07, 6.45) is 3.67. The average Bonchev–Trinajstić information content (AvgIpc) is 2.84. The molecular formula is C15H18N2OS. The Labute approximate surface area is 118 Å². The van der Waals surface area contributed by atoms with Gasteiger partial charge in [-0.05, 0) is 24.6 Å². The second kappa shape index (κ2) is 7.07. The molecule has 0 aliphatic carbocycles. The van der Waals surface area contributed by atoms with Crippen molar-refractivity contribution in [3.05, 3.63) is 58.6 Å². The summed E-state index contributed by atoms with van der Waals surface area (Å²) >= 11 is 1.73. The maximum atomic E-state index is 5.44. The minimum atomic E-state index is 0.544. The maximum absolute atomic E-state index is 5.44. The van der Waals surface area contributed by atoms with Gasteiger partial charge < -0.3 is 10.1 Å². The summed E-state index contributed by atoms with van der Waals surface area (Å²) in [7, 11) is 0. The number of nitrogens with zero attached hydrogens (tertiary/aromatic N) is 1. The normalized spacial score (nSPS) is 10.4. The van der Waals surface area contributed by atoms with Crippen LogP contribution < -0.4 is 10.1 Å². The molecule has 1 aromatic carbocycles. The van der Waals surface area contributed by atoms with Gasteiger partial charge in [-0.1, -0.05) is 24.8 Å². The Kier molecular flexibility index (Phi) is 5.12. The van der Waals surface area contributed by atoms with Crippen molar-refractivity contribution in [2.24, 2.45) is 0 Å². The topological polar surface area (TPSA) is 34.1 Å². The van der Waals surface area contributed by atoms with E-state index in [2.05, 4.69) is 29.0 Å². The van der Waals surface area contributed by atoms with Gasteiger partial charge in [-0.2, -0.15) is 0 Å². The molecule has 100 valence electrons. The summed E-state index contributed by atoms with van der Waals surface area (Å²) in [5, 5.41) is 4.52. The fourth-order valence-corrected chi connectivity index (χ4v) is 2.44. The van der Waals surface area contributed by atoms with E-state index in [0.29, 0.717) is 6.61 Å². The zero-order chi connectivity index (χ0) is 13.5. The van der Waals surface area contributed by atoms with Gasteiger partial charge in [0.1, 0.15) is 12.4 Å². The quantitative estimate of drug-likeness (QED) is 0.787. The molecule has 0 spiro atoms. The van der Waals surface area contributed by atoms with Gasteiger partial charge in [0, 0.05) is 24.2 Å². The minimum Gasteiger partial charge on any atom is -0.490 e. The molecule has 3 nitrogen and oxygen atoms in total. The molecule has 0 atom stereocenters. The van der Waals surface area contributed by atoms with Crippen LogP contribution in [0, 0.1) is 6.92 Å². The Morgan fingerprint density at radius 3 is 2.74 bits per heavy atom. The highest BCUT2D eigenvalue weighted by atomic mass is 32.1. The SMILES string of the molecule is C=CCOc1ccc(CNCc2cnc(C)s2)cc1. The molecule has 0 saturated carbocycles. The van der Waals surface area contributed by atoms with Crippen LogP contribution in [0.15, 0.2) is 43.1 Å². The van der Waals surface area contributed by atoms with Crippen molar-refractivity contribution in [2.75, 3.05) is 6.61 Å². The number of aromatic nitrogens is 1. The van der Waals surface area contributed by atoms with Crippen LogP contribution in [0.4, 0.5) is 0 Å². The van der Waals surface area contributed by atoms with E-state index in [9.17, 15) is 0 Å². The van der Waals surface area contributed by atoms with Crippen LogP contribution in [-0.2, 0) is 13.1 Å². The smallest absolute Gasteiger partial charge is 0.119 e. The Morgan fingerprint density at radius 1 is 1.32 bits per heavy atom. The predicted octanol–water partition coefficient (Wildman–Crippen LogP) is 3.31. The van der Waals surface area contributed by atoms with E-state index in [1.165, 1.54) is 10.4 Å². The summed E-state index contributed by atoms with van der Waals surface area (Å²) in [5.74, 6) is 0.877. The third-order valence-corrected chi connectivity index (χ3v) is 3.50. The second-order valence-corrected chi connectivity index (χ2v) is 5.51. The summed E-state index contributed by atoms with van der Waals surface area (Å²) in [5.41, 5.74) is 1.24. The van der Waals surface area contributed by atoms with E-state index >= 15 is 0 Å². The second-order valence-electron chi connectivity index (χ2n) is 4.19. The highest BCUT2D eigenvalue weighted by Gasteiger charge is 1.98. The van der Waals surface area contributed by atoms with Gasteiger partial charge in [-0.3, -0.25) is 0 Å². The first-order valence-electron chi connectivity index (χ1n) is 6.22. The summed E-state index contributed by atoms with van der Waals surface area (Å²) in [6, 6.07) is 8.11. The van der Waals surface area contributed by atoms with Crippen LogP contribution in [0.3, 0.4) is 0 Å². The minimum absolute atomic E-state index is 0.544. The fraction of sp³-hybridized carbons (Fsp3) is 0.267. The summed E-state index contributed by atoms with van der Waals surface area (Å²) in [6.45, 7) is 7.90. The predicted molar refractivity (Wildman–Crippen MR) is 79.5 cm³/mol. The number of nitrogens with one attached hydrogen (secondary N) is 1. The Bertz CT molecular complexity index is 519. The summed E-state index contributed by atoms with van der Waals surface area (Å²) < 4.78 is 5.44. The van der Waals surface area contributed by atoms with Crippen molar-refractivity contribution in [3.63, 3.8) is 0 Å². The van der Waals surface area contributed by atoms with Crippen LogP contribution in [-0.4, -0.2) is 11.6 Å². The molecule has 0 fully saturated rings. The Hall–Kier alpha value is -1.65. The van der Waals surface area contributed by atoms with Crippen molar-refractivity contribution in [1.29, 1.82) is 0 Å². The van der Waals surface area contributed by atoms with Crippen LogP contribution in [0.5, 0.6) is 5.75 Å². The highest BCUT2D eigenvalue weighted by molar-refractivity contribution is 7.11. The molecule has 2 aromatic rings. The zero-order valence-corrected chi connectivity index (χ0v) is 11.9. The maximum Gasteiger partial charge on any atom is 0.119 e. The van der Waals surface area contributed by atoms with Gasteiger partial charge in [0.15, 0.2) is 0 Å². The molecule has 0 saturated heterocycles. The Balaban J connectivity index is 1.78. The molecule has 0 aliphatic heterocycles. The fourth-order valence-electron chi connectivity index (χ4n) is 1.68. The summed E-state index contributed by atoms with van der Waals surface area (Å²) in [4.78, 5) is 5.50. The lowest BCUT2D eigenvalue weighted by Crippen LogP contribution is -2.11. The number of aryl methyl sites for hydroxylation is 1. The van der Waals surface area contributed by atoms with E-state index < -0.39 is 0 Å². The molecule has 0 bridgehead atoms. The Morgan fingerprint density at radius 2 is 2.11 bits per heavy atom. The number of hydrogen-bond donors (Lipinski definition) is 1. The molecule has 0 amide bonds. The van der Waals surface area contributed by atoms with E-state index in [1.807, 2.05) is 25.3 Å². The molecular weight excluding hydrogens is 256 g/mol. The molecule has 1 aromatic heterocycles. The first-order valence-corrected chi connectivity index (χ1v) is 7.04. The molecule has 4 heteroatoms. The number of rotatable bonds is 7. The van der Waals surface area contributed by atoms with Gasteiger partial charge in [0.25, 0.3) is 0 Å². The molecule has 0 unspecified atom stereocenters. The standard InChI is InChI=1S/C15H18N2OS/c1-3-8-18-14-6-4-13(5-7-14)9-16-10-15-11-17-12(2)19-15/h3-7,11,16H,1,8-10H2,2H3. The lowest BCUT2D eigenvalue weighted by Gasteiger charge is -2.06. The monoisotopic (exact) mass is 274 g/mol. The third-order valence-electron chi connectivity index (χ3n) is 2.59. The third kappa shape index (κ3) is 4.50. The van der Waals surface area contributed by atoms with Crippen molar-refractivity contribution in [3.8, 4) is 5.75 Å². The van der Waals surface area contributed by atoms with E-state index in [4.69, 9.17) is 4.74 Å². The lowest BCUT2D eigenvalue weighted by atomic mass is 10.2. The number of thiazole rings is 1. The average molecular weight is 274 g/mol. The first kappa shape index (κ1) is 13.8. The van der Waals surface area contributed by atoms with Gasteiger partial charge in [-0.25, -0.2) is 4.98 Å². The number of benzene rings is 1. The highest BCUT2D eigenvalue weighted by Crippen LogP contribution is 2.13. The number of hydrogen-bond acceptors (Lipinski definition) is 4. The van der Waals surface area contributed by atoms with Crippen LogP contribution in [0.25, 0.3) is 0 Å². The lowest BCUT2D eigenvalue weighted by molar-refractivity contribution is 0.363. The van der Waals surface area contributed by atoms with Crippen molar-refractivity contribution in [1.82, 2.24) is 10.3 Å². The first-order chi connectivity index (χ1) is 9.28. The van der Waals surface area contributed by atoms with Gasteiger partial charge >= 0.3 is 0 Å². The van der Waals surface area contributed by atoms with Crippen molar-refractivity contribution >= 4 is 11.3 Å². The van der Waals surface area contributed by atoms with Crippen molar-refractivity contribution < 1.29 is 4.74 Å². The molecule has 19 heavy (non-hydrogen) atoms. The zero-order valence-electron chi connectivity index (χ0n) is 11.1. The van der Waals surface area contributed by atoms with E-state index in [0.717, 1.165) is 23.8 Å². The van der Waals surface area contributed by atoms with Gasteiger partial charge in [0.2, 0.25) is 0 Å². The van der Waals surface area contributed by atoms with Crippen molar-refractivity contribution in [2.45, 2.75) is 20.0 Å². The van der Waals surface area contributed by atoms with Gasteiger partial charge in [-0.15, -0.1) is 11.3 Å². The van der Waals surface area contributed by atoms with E-state index in [-0.39, 0.29) is 0 Å². The van der Waals surface area contributed by atoms with Crippen LogP contribution in [0.2, 0.25) is 0 Å². The van der Waals surface area contributed by atoms with E-state index in [1.54, 1.807) is 17.4 Å². The number of ether oxygens (including phenoxy) is 1. The molecule has 0 aliphatic rings.